The summed E-state index contributed by atoms with van der Waals surface area (Å²) in [6.45, 7) is 2.82. The van der Waals surface area contributed by atoms with Gasteiger partial charge in [0.05, 0.1) is 29.7 Å². The van der Waals surface area contributed by atoms with Gasteiger partial charge in [-0.25, -0.2) is 8.42 Å². The Bertz CT molecular complexity index is 1850. The molecule has 0 saturated heterocycles. The van der Waals surface area contributed by atoms with Crippen LogP contribution in [0.1, 0.15) is 23.6 Å². The maximum Gasteiger partial charge on any atom is 0.273 e. The third-order valence-corrected chi connectivity index (χ3v) is 9.48. The Balaban J connectivity index is 1.84. The van der Waals surface area contributed by atoms with Crippen molar-refractivity contribution in [2.45, 2.75) is 37.8 Å². The van der Waals surface area contributed by atoms with E-state index in [-0.39, 0.29) is 34.8 Å². The number of ether oxygens (including phenoxy) is 2. The van der Waals surface area contributed by atoms with Gasteiger partial charge in [-0.05, 0) is 67.4 Å². The quantitative estimate of drug-likeness (QED) is 0.138. The Labute approximate surface area is 280 Å². The average molecular weight is 675 g/mol. The van der Waals surface area contributed by atoms with Crippen molar-refractivity contribution in [1.82, 2.24) is 10.2 Å². The van der Waals surface area contributed by atoms with E-state index < -0.39 is 39.3 Å². The van der Waals surface area contributed by atoms with Crippen LogP contribution >= 0.6 is 0 Å². The fourth-order valence-electron chi connectivity index (χ4n) is 5.16. The van der Waals surface area contributed by atoms with Crippen molar-refractivity contribution in [3.63, 3.8) is 0 Å². The van der Waals surface area contributed by atoms with Crippen LogP contribution in [0, 0.1) is 17.0 Å². The highest BCUT2D eigenvalue weighted by Gasteiger charge is 2.35. The first-order valence-corrected chi connectivity index (χ1v) is 16.6. The van der Waals surface area contributed by atoms with Gasteiger partial charge in [0, 0.05) is 31.1 Å². The van der Waals surface area contributed by atoms with Crippen LogP contribution in [0.3, 0.4) is 0 Å². The smallest absolute Gasteiger partial charge is 0.273 e. The maximum atomic E-state index is 14.5. The number of anilines is 1. The van der Waals surface area contributed by atoms with Gasteiger partial charge in [0.15, 0.2) is 0 Å². The number of benzene rings is 4. The average Bonchev–Trinajstić information content (AvgIpc) is 3.09. The van der Waals surface area contributed by atoms with E-state index in [0.29, 0.717) is 23.6 Å². The van der Waals surface area contributed by atoms with E-state index in [1.807, 2.05) is 30.3 Å². The fourth-order valence-corrected chi connectivity index (χ4v) is 6.60. The Morgan fingerprint density at radius 1 is 0.875 bits per heavy atom. The van der Waals surface area contributed by atoms with Crippen molar-refractivity contribution in [3.8, 4) is 11.5 Å². The Morgan fingerprint density at radius 2 is 1.54 bits per heavy atom. The molecule has 2 amide bonds. The third-order valence-electron chi connectivity index (χ3n) is 7.71. The second kappa shape index (κ2) is 15.9. The molecule has 0 saturated carbocycles. The molecule has 0 spiro atoms. The zero-order valence-corrected chi connectivity index (χ0v) is 28.0. The SMILES string of the molecule is CCNC(=O)C(Cc1ccccc1)N(Cc1cccc(OC)c1)C(=O)CN(c1ccc(OC)cc1)S(=O)(=O)c1ccc(C)c([N+](=O)[O-])c1. The van der Waals surface area contributed by atoms with E-state index in [1.54, 1.807) is 43.3 Å². The summed E-state index contributed by atoms with van der Waals surface area (Å²) in [5.74, 6) is -0.0928. The molecule has 4 aromatic rings. The first-order valence-electron chi connectivity index (χ1n) is 15.1. The molecule has 0 aromatic heterocycles. The molecule has 48 heavy (non-hydrogen) atoms. The van der Waals surface area contributed by atoms with Gasteiger partial charge in [0.2, 0.25) is 11.8 Å². The second-order valence-electron chi connectivity index (χ2n) is 10.9. The number of aryl methyl sites for hydroxylation is 1. The van der Waals surface area contributed by atoms with Crippen molar-refractivity contribution in [2.75, 3.05) is 31.6 Å². The zero-order valence-electron chi connectivity index (χ0n) is 27.2. The summed E-state index contributed by atoms with van der Waals surface area (Å²) >= 11 is 0. The van der Waals surface area contributed by atoms with E-state index in [1.165, 1.54) is 50.3 Å². The molecule has 0 radical (unpaired) electrons. The highest BCUT2D eigenvalue weighted by Crippen LogP contribution is 2.30. The minimum atomic E-state index is -4.55. The normalized spacial score (nSPS) is 11.7. The van der Waals surface area contributed by atoms with Crippen LogP contribution in [-0.4, -0.2) is 63.4 Å². The molecule has 4 rings (SSSR count). The van der Waals surface area contributed by atoms with Crippen LogP contribution in [0.4, 0.5) is 11.4 Å². The lowest BCUT2D eigenvalue weighted by Gasteiger charge is -2.34. The highest BCUT2D eigenvalue weighted by molar-refractivity contribution is 7.92. The maximum absolute atomic E-state index is 14.5. The van der Waals surface area contributed by atoms with Crippen LogP contribution in [0.5, 0.6) is 11.5 Å². The first kappa shape index (κ1) is 35.4. The standard InChI is InChI=1S/C35H38N4O8S/c1-5-36-35(41)33(21-26-10-7-6-8-11-26)37(23-27-12-9-13-30(20-27)47-4)34(40)24-38(28-15-17-29(46-3)18-16-28)48(44,45)31-19-14-25(2)32(22-31)39(42)43/h6-20,22,33H,5,21,23-24H2,1-4H3,(H,36,41). The van der Waals surface area contributed by atoms with Gasteiger partial charge >= 0.3 is 0 Å². The first-order chi connectivity index (χ1) is 23.0. The van der Waals surface area contributed by atoms with Gasteiger partial charge < -0.3 is 19.7 Å². The molecule has 252 valence electrons. The van der Waals surface area contributed by atoms with E-state index in [2.05, 4.69) is 5.32 Å². The number of nitrogens with zero attached hydrogens (tertiary/aromatic N) is 3. The number of hydrogen-bond donors (Lipinski definition) is 1. The summed E-state index contributed by atoms with van der Waals surface area (Å²) in [4.78, 5) is 40.2. The van der Waals surface area contributed by atoms with Crippen LogP contribution in [0.2, 0.25) is 0 Å². The predicted octanol–water partition coefficient (Wildman–Crippen LogP) is 4.89. The van der Waals surface area contributed by atoms with Crippen molar-refractivity contribution in [2.24, 2.45) is 0 Å². The number of hydrogen-bond acceptors (Lipinski definition) is 8. The topological polar surface area (TPSA) is 148 Å². The second-order valence-corrected chi connectivity index (χ2v) is 12.8. The molecule has 1 unspecified atom stereocenters. The molecular formula is C35H38N4O8S. The molecule has 0 aliphatic rings. The van der Waals surface area contributed by atoms with E-state index in [9.17, 15) is 28.1 Å². The summed E-state index contributed by atoms with van der Waals surface area (Å²) < 4.78 is 40.1. The Morgan fingerprint density at radius 3 is 2.17 bits per heavy atom. The lowest BCUT2D eigenvalue weighted by molar-refractivity contribution is -0.385. The van der Waals surface area contributed by atoms with Crippen molar-refractivity contribution in [1.29, 1.82) is 0 Å². The largest absolute Gasteiger partial charge is 0.497 e. The number of rotatable bonds is 15. The number of likely N-dealkylation sites (N-methyl/N-ethyl adjacent to an activating group) is 1. The minimum absolute atomic E-state index is 0.0445. The number of carbonyl (C=O) groups is 2. The lowest BCUT2D eigenvalue weighted by Crippen LogP contribution is -2.53. The van der Waals surface area contributed by atoms with Crippen molar-refractivity contribution >= 4 is 33.2 Å². The van der Waals surface area contributed by atoms with Crippen LogP contribution in [0.25, 0.3) is 0 Å². The van der Waals surface area contributed by atoms with Gasteiger partial charge in [-0.3, -0.25) is 24.0 Å². The van der Waals surface area contributed by atoms with Gasteiger partial charge in [-0.2, -0.15) is 0 Å². The zero-order chi connectivity index (χ0) is 34.8. The van der Waals surface area contributed by atoms with Crippen molar-refractivity contribution in [3.05, 3.63) is 124 Å². The summed E-state index contributed by atoms with van der Waals surface area (Å²) in [5.41, 5.74) is 1.46. The van der Waals surface area contributed by atoms with E-state index in [4.69, 9.17) is 9.47 Å². The van der Waals surface area contributed by atoms with E-state index >= 15 is 0 Å². The van der Waals surface area contributed by atoms with Gasteiger partial charge in [0.25, 0.3) is 15.7 Å². The van der Waals surface area contributed by atoms with E-state index in [0.717, 1.165) is 15.9 Å². The summed E-state index contributed by atoms with van der Waals surface area (Å²) in [6, 6.07) is 24.8. The molecule has 4 aromatic carbocycles. The monoisotopic (exact) mass is 674 g/mol. The van der Waals surface area contributed by atoms with Crippen LogP contribution < -0.4 is 19.1 Å². The number of sulfonamides is 1. The lowest BCUT2D eigenvalue weighted by atomic mass is 10.0. The fraction of sp³-hybridized carbons (Fsp3) is 0.257. The molecule has 0 heterocycles. The molecule has 0 bridgehead atoms. The van der Waals surface area contributed by atoms with Gasteiger partial charge in [-0.15, -0.1) is 0 Å². The van der Waals surface area contributed by atoms with Crippen LogP contribution in [-0.2, 0) is 32.6 Å². The number of nitro groups is 1. The summed E-state index contributed by atoms with van der Waals surface area (Å²) in [7, 11) is -1.58. The molecule has 13 heteroatoms. The molecule has 0 fully saturated rings. The van der Waals surface area contributed by atoms with Crippen molar-refractivity contribution < 1.29 is 32.4 Å². The third kappa shape index (κ3) is 8.48. The summed E-state index contributed by atoms with van der Waals surface area (Å²) in [5, 5.41) is 14.5. The van der Waals surface area contributed by atoms with Gasteiger partial charge in [0.1, 0.15) is 24.1 Å². The Kier molecular flexibility index (Phi) is 11.7. The molecule has 1 atom stereocenters. The Hall–Kier alpha value is -5.43. The molecule has 1 N–H and O–H groups in total. The molecular weight excluding hydrogens is 636 g/mol. The number of carbonyl (C=O) groups excluding carboxylic acids is 2. The molecule has 0 aliphatic heterocycles. The number of amides is 2. The number of nitro benzene ring substituents is 1. The number of methoxy groups -OCH3 is 2. The molecule has 12 nitrogen and oxygen atoms in total. The van der Waals surface area contributed by atoms with Gasteiger partial charge in [-0.1, -0.05) is 48.5 Å². The molecule has 0 aliphatic carbocycles. The number of nitrogens with one attached hydrogen (secondary N) is 1. The predicted molar refractivity (Wildman–Crippen MR) is 182 cm³/mol. The minimum Gasteiger partial charge on any atom is -0.497 e. The van der Waals surface area contributed by atoms with Crippen LogP contribution in [0.15, 0.2) is 102 Å². The summed E-state index contributed by atoms with van der Waals surface area (Å²) in [6.07, 6.45) is 0.155. The highest BCUT2D eigenvalue weighted by atomic mass is 32.2.